The first-order valence-electron chi connectivity index (χ1n) is 11.0. The van der Waals surface area contributed by atoms with Crippen molar-refractivity contribution in [3.63, 3.8) is 0 Å². The summed E-state index contributed by atoms with van der Waals surface area (Å²) in [6.45, 7) is 8.22. The highest BCUT2D eigenvalue weighted by atomic mass is 17.2. The summed E-state index contributed by atoms with van der Waals surface area (Å²) >= 11 is 0. The normalized spacial score (nSPS) is 12.0. The lowest BCUT2D eigenvalue weighted by atomic mass is 10.0. The molecule has 1 unspecified atom stereocenters. The smallest absolute Gasteiger partial charge is 0.119 e. The summed E-state index contributed by atoms with van der Waals surface area (Å²) in [5.41, 5.74) is 0. The van der Waals surface area contributed by atoms with E-state index in [4.69, 9.17) is 19.2 Å². The molecule has 4 heteroatoms. The Hall–Kier alpha value is -1.36. The second kappa shape index (κ2) is 19.0. The highest BCUT2D eigenvalue weighted by molar-refractivity contribution is 5.20. The number of ether oxygens (including phenoxy) is 2. The van der Waals surface area contributed by atoms with Gasteiger partial charge in [-0.05, 0) is 18.6 Å². The van der Waals surface area contributed by atoms with Crippen LogP contribution < -0.4 is 4.74 Å². The maximum absolute atomic E-state index is 6.10. The number of hydrogen-bond acceptors (Lipinski definition) is 4. The molecule has 0 saturated heterocycles. The van der Waals surface area contributed by atoms with Gasteiger partial charge in [-0.1, -0.05) is 76.1 Å². The van der Waals surface area contributed by atoms with E-state index in [0.717, 1.165) is 25.0 Å². The maximum atomic E-state index is 6.10. The van der Waals surface area contributed by atoms with E-state index in [-0.39, 0.29) is 6.10 Å². The molecule has 0 bridgehead atoms. The van der Waals surface area contributed by atoms with Crippen LogP contribution in [0.2, 0.25) is 0 Å². The van der Waals surface area contributed by atoms with Gasteiger partial charge in [0.2, 0.25) is 0 Å². The van der Waals surface area contributed by atoms with Crippen molar-refractivity contribution in [1.82, 2.24) is 0 Å². The molecule has 0 saturated carbocycles. The van der Waals surface area contributed by atoms with Crippen LogP contribution >= 0.6 is 0 Å². The topological polar surface area (TPSA) is 36.9 Å². The second-order valence-electron chi connectivity index (χ2n) is 7.10. The van der Waals surface area contributed by atoms with Gasteiger partial charge in [0.25, 0.3) is 0 Å². The van der Waals surface area contributed by atoms with Gasteiger partial charge in [0.15, 0.2) is 0 Å². The van der Waals surface area contributed by atoms with Crippen molar-refractivity contribution >= 4 is 0 Å². The number of rotatable bonds is 20. The van der Waals surface area contributed by atoms with Crippen molar-refractivity contribution in [2.24, 2.45) is 0 Å². The Morgan fingerprint density at radius 1 is 0.821 bits per heavy atom. The van der Waals surface area contributed by atoms with Crippen LogP contribution in [0.1, 0.15) is 71.1 Å². The quantitative estimate of drug-likeness (QED) is 0.110. The van der Waals surface area contributed by atoms with E-state index in [1.807, 2.05) is 30.3 Å². The zero-order valence-corrected chi connectivity index (χ0v) is 17.8. The molecule has 0 radical (unpaired) electrons. The lowest BCUT2D eigenvalue weighted by molar-refractivity contribution is -0.289. The molecule has 1 rings (SSSR count). The third-order valence-electron chi connectivity index (χ3n) is 4.58. The fraction of sp³-hybridized carbons (Fsp3) is 0.667. The maximum Gasteiger partial charge on any atom is 0.119 e. The van der Waals surface area contributed by atoms with Gasteiger partial charge >= 0.3 is 0 Å². The minimum absolute atomic E-state index is 0.222. The number of unbranched alkanes of at least 4 members (excludes halogenated alkanes) is 6. The van der Waals surface area contributed by atoms with Crippen molar-refractivity contribution < 1.29 is 19.2 Å². The fourth-order valence-corrected chi connectivity index (χ4v) is 2.99. The predicted molar refractivity (Wildman–Crippen MR) is 116 cm³/mol. The average Bonchev–Trinajstić information content (AvgIpc) is 2.72. The summed E-state index contributed by atoms with van der Waals surface area (Å²) in [5, 5.41) is 0. The first-order valence-corrected chi connectivity index (χ1v) is 11.0. The van der Waals surface area contributed by atoms with Crippen LogP contribution in [0, 0.1) is 0 Å². The molecule has 1 aromatic rings. The number of hydrogen-bond donors (Lipinski definition) is 0. The van der Waals surface area contributed by atoms with Crippen molar-refractivity contribution in [2.45, 2.75) is 77.2 Å². The van der Waals surface area contributed by atoms with E-state index < -0.39 is 0 Å². The van der Waals surface area contributed by atoms with Crippen LogP contribution in [-0.2, 0) is 14.5 Å². The van der Waals surface area contributed by atoms with Gasteiger partial charge in [-0.25, -0.2) is 9.78 Å². The zero-order chi connectivity index (χ0) is 20.1. The molecule has 0 N–H and O–H groups in total. The van der Waals surface area contributed by atoms with Gasteiger partial charge in [-0.3, -0.25) is 0 Å². The largest absolute Gasteiger partial charge is 0.494 e. The lowest BCUT2D eigenvalue weighted by Crippen LogP contribution is -2.18. The van der Waals surface area contributed by atoms with E-state index in [1.54, 1.807) is 6.08 Å². The molecule has 0 fully saturated rings. The fourth-order valence-electron chi connectivity index (χ4n) is 2.99. The van der Waals surface area contributed by atoms with E-state index in [2.05, 4.69) is 13.5 Å². The molecule has 0 heterocycles. The predicted octanol–water partition coefficient (Wildman–Crippen LogP) is 6.51. The standard InChI is InChI=1S/C24H40O4/c1-3-5-6-7-8-9-11-17-24(18-22-28-27-19-4-2)26-21-14-20-25-23-15-12-10-13-16-23/h4,10,12-13,15-16,24H,2-3,5-9,11,14,17-22H2,1H3. The first-order chi connectivity index (χ1) is 13.9. The molecule has 0 amide bonds. The Balaban J connectivity index is 2.15. The van der Waals surface area contributed by atoms with Crippen molar-refractivity contribution in [3.05, 3.63) is 43.0 Å². The van der Waals surface area contributed by atoms with Crippen molar-refractivity contribution in [1.29, 1.82) is 0 Å². The molecule has 0 aromatic heterocycles. The van der Waals surface area contributed by atoms with Crippen LogP contribution in [0.25, 0.3) is 0 Å². The number of para-hydroxylation sites is 1. The summed E-state index contributed by atoms with van der Waals surface area (Å²) < 4.78 is 11.8. The highest BCUT2D eigenvalue weighted by Gasteiger charge is 2.09. The van der Waals surface area contributed by atoms with E-state index in [1.165, 1.54) is 44.9 Å². The third-order valence-corrected chi connectivity index (χ3v) is 4.58. The molecule has 4 nitrogen and oxygen atoms in total. The second-order valence-corrected chi connectivity index (χ2v) is 7.10. The van der Waals surface area contributed by atoms with Crippen molar-refractivity contribution in [3.8, 4) is 5.75 Å². The van der Waals surface area contributed by atoms with Gasteiger partial charge in [0, 0.05) is 12.8 Å². The van der Waals surface area contributed by atoms with Crippen LogP contribution in [-0.4, -0.2) is 32.5 Å². The van der Waals surface area contributed by atoms with E-state index in [0.29, 0.717) is 26.4 Å². The van der Waals surface area contributed by atoms with Gasteiger partial charge in [-0.2, -0.15) is 0 Å². The first kappa shape index (κ1) is 24.7. The monoisotopic (exact) mass is 392 g/mol. The van der Waals surface area contributed by atoms with Gasteiger partial charge < -0.3 is 9.47 Å². The van der Waals surface area contributed by atoms with Crippen LogP contribution in [0.3, 0.4) is 0 Å². The van der Waals surface area contributed by atoms with Gasteiger partial charge in [-0.15, -0.1) is 6.58 Å². The summed E-state index contributed by atoms with van der Waals surface area (Å²) in [6.07, 6.45) is 13.9. The molecule has 160 valence electrons. The number of benzene rings is 1. The summed E-state index contributed by atoms with van der Waals surface area (Å²) in [5.74, 6) is 0.912. The molecule has 28 heavy (non-hydrogen) atoms. The van der Waals surface area contributed by atoms with Crippen molar-refractivity contribution in [2.75, 3.05) is 26.4 Å². The summed E-state index contributed by atoms with van der Waals surface area (Å²) in [6, 6.07) is 9.91. The Morgan fingerprint density at radius 3 is 2.32 bits per heavy atom. The molecular formula is C24H40O4. The summed E-state index contributed by atoms with van der Waals surface area (Å²) in [4.78, 5) is 10.2. The molecule has 0 aliphatic rings. The Labute approximate surface area is 172 Å². The van der Waals surface area contributed by atoms with E-state index >= 15 is 0 Å². The van der Waals surface area contributed by atoms with Gasteiger partial charge in [0.05, 0.1) is 25.9 Å². The van der Waals surface area contributed by atoms with Crippen LogP contribution in [0.15, 0.2) is 43.0 Å². The minimum Gasteiger partial charge on any atom is -0.494 e. The molecule has 0 aliphatic carbocycles. The molecule has 1 aromatic carbocycles. The van der Waals surface area contributed by atoms with Gasteiger partial charge in [0.1, 0.15) is 12.4 Å². The van der Waals surface area contributed by atoms with Crippen LogP contribution in [0.5, 0.6) is 5.75 Å². The van der Waals surface area contributed by atoms with Crippen LogP contribution in [0.4, 0.5) is 0 Å². The molecule has 0 aliphatic heterocycles. The SMILES string of the molecule is C=CCOOCCC(CCCCCCCCC)OCCCOc1ccccc1. The lowest BCUT2D eigenvalue weighted by Gasteiger charge is -2.18. The summed E-state index contributed by atoms with van der Waals surface area (Å²) in [7, 11) is 0. The molecule has 0 spiro atoms. The third kappa shape index (κ3) is 14.7. The Bertz CT molecular complexity index is 449. The van der Waals surface area contributed by atoms with E-state index in [9.17, 15) is 0 Å². The minimum atomic E-state index is 0.222. The molecular weight excluding hydrogens is 352 g/mol. The Kier molecular flexibility index (Phi) is 16.7. The zero-order valence-electron chi connectivity index (χ0n) is 17.8. The highest BCUT2D eigenvalue weighted by Crippen LogP contribution is 2.14. The Morgan fingerprint density at radius 2 is 1.57 bits per heavy atom. The average molecular weight is 393 g/mol. The molecule has 1 atom stereocenters.